The third kappa shape index (κ3) is 6.74. The Morgan fingerprint density at radius 3 is 2.33 bits per heavy atom. The lowest BCUT2D eigenvalue weighted by molar-refractivity contribution is -0.116. The maximum atomic E-state index is 12.1. The number of nitrogens with zero attached hydrogens (tertiary/aromatic N) is 1. The minimum atomic E-state index is -0.353. The van der Waals surface area contributed by atoms with Crippen molar-refractivity contribution in [3.05, 3.63) is 35.4 Å². The van der Waals surface area contributed by atoms with E-state index in [9.17, 15) is 9.59 Å². The van der Waals surface area contributed by atoms with E-state index in [0.717, 1.165) is 25.2 Å². The summed E-state index contributed by atoms with van der Waals surface area (Å²) in [5.74, 6) is -0.317. The van der Waals surface area contributed by atoms with Crippen LogP contribution in [0.4, 0.5) is 0 Å². The molecule has 0 amide bonds. The zero-order valence-corrected chi connectivity index (χ0v) is 13.7. The SMILES string of the molecule is CCN(CC)CCOC(=O)c1ccccc1CC(C)=O.Cl. The van der Waals surface area contributed by atoms with Crippen LogP contribution in [0.25, 0.3) is 0 Å². The van der Waals surface area contributed by atoms with Crippen LogP contribution in [0.3, 0.4) is 0 Å². The van der Waals surface area contributed by atoms with E-state index < -0.39 is 0 Å². The van der Waals surface area contributed by atoms with Crippen LogP contribution in [0, 0.1) is 0 Å². The average molecular weight is 314 g/mol. The van der Waals surface area contributed by atoms with Crippen molar-refractivity contribution in [3.63, 3.8) is 0 Å². The quantitative estimate of drug-likeness (QED) is 0.692. The molecule has 0 N–H and O–H groups in total. The minimum absolute atomic E-state index is 0. The summed E-state index contributed by atoms with van der Waals surface area (Å²) in [4.78, 5) is 25.5. The van der Waals surface area contributed by atoms with Crippen LogP contribution in [0.1, 0.15) is 36.7 Å². The van der Waals surface area contributed by atoms with Crippen LogP contribution in [-0.4, -0.2) is 42.9 Å². The zero-order chi connectivity index (χ0) is 15.0. The number of halogens is 1. The second kappa shape index (κ2) is 10.4. The van der Waals surface area contributed by atoms with Crippen LogP contribution in [0.2, 0.25) is 0 Å². The molecule has 0 aliphatic carbocycles. The highest BCUT2D eigenvalue weighted by atomic mass is 35.5. The molecule has 4 nitrogen and oxygen atoms in total. The van der Waals surface area contributed by atoms with Crippen LogP contribution >= 0.6 is 12.4 Å². The van der Waals surface area contributed by atoms with Crippen molar-refractivity contribution in [2.24, 2.45) is 0 Å². The number of hydrogen-bond acceptors (Lipinski definition) is 4. The van der Waals surface area contributed by atoms with Crippen LogP contribution < -0.4 is 0 Å². The van der Waals surface area contributed by atoms with E-state index in [1.807, 2.05) is 6.07 Å². The summed E-state index contributed by atoms with van der Waals surface area (Å²) in [6.45, 7) is 8.65. The monoisotopic (exact) mass is 313 g/mol. The van der Waals surface area contributed by atoms with Crippen LogP contribution in [-0.2, 0) is 16.0 Å². The molecule has 0 aliphatic rings. The van der Waals surface area contributed by atoms with Gasteiger partial charge in [0.2, 0.25) is 0 Å². The molecule has 0 heterocycles. The van der Waals surface area contributed by atoms with E-state index in [2.05, 4.69) is 18.7 Å². The third-order valence-electron chi connectivity index (χ3n) is 3.21. The van der Waals surface area contributed by atoms with Gasteiger partial charge in [0.1, 0.15) is 12.4 Å². The lowest BCUT2D eigenvalue weighted by Crippen LogP contribution is -2.28. The predicted octanol–water partition coefficient (Wildman–Crippen LogP) is 2.74. The first-order valence-corrected chi connectivity index (χ1v) is 7.05. The van der Waals surface area contributed by atoms with Gasteiger partial charge in [0.15, 0.2) is 0 Å². The van der Waals surface area contributed by atoms with Crippen molar-refractivity contribution in [2.75, 3.05) is 26.2 Å². The molecular weight excluding hydrogens is 290 g/mol. The number of ketones is 1. The molecule has 0 saturated heterocycles. The van der Waals surface area contributed by atoms with Gasteiger partial charge in [-0.3, -0.25) is 4.79 Å². The van der Waals surface area contributed by atoms with Gasteiger partial charge in [0.05, 0.1) is 5.56 Å². The van der Waals surface area contributed by atoms with Crippen molar-refractivity contribution in [3.8, 4) is 0 Å². The summed E-state index contributed by atoms with van der Waals surface area (Å²) in [7, 11) is 0. The molecule has 21 heavy (non-hydrogen) atoms. The fraction of sp³-hybridized carbons (Fsp3) is 0.500. The first-order chi connectivity index (χ1) is 9.58. The highest BCUT2D eigenvalue weighted by molar-refractivity contribution is 5.93. The maximum absolute atomic E-state index is 12.1. The molecule has 1 aromatic rings. The van der Waals surface area contributed by atoms with Gasteiger partial charge in [0.25, 0.3) is 0 Å². The third-order valence-corrected chi connectivity index (χ3v) is 3.21. The molecule has 0 fully saturated rings. The highest BCUT2D eigenvalue weighted by Crippen LogP contribution is 2.11. The Labute approximate surface area is 132 Å². The van der Waals surface area contributed by atoms with Gasteiger partial charge >= 0.3 is 5.97 Å². The summed E-state index contributed by atoms with van der Waals surface area (Å²) >= 11 is 0. The molecule has 118 valence electrons. The summed E-state index contributed by atoms with van der Waals surface area (Å²) in [6, 6.07) is 7.11. The molecule has 5 heteroatoms. The molecular formula is C16H24ClNO3. The van der Waals surface area contributed by atoms with E-state index in [4.69, 9.17) is 4.74 Å². The maximum Gasteiger partial charge on any atom is 0.338 e. The Morgan fingerprint density at radius 2 is 1.76 bits per heavy atom. The number of likely N-dealkylation sites (N-methyl/N-ethyl adjacent to an activating group) is 1. The van der Waals surface area contributed by atoms with E-state index in [1.165, 1.54) is 6.92 Å². The highest BCUT2D eigenvalue weighted by Gasteiger charge is 2.13. The van der Waals surface area contributed by atoms with Gasteiger partial charge < -0.3 is 9.64 Å². The van der Waals surface area contributed by atoms with Gasteiger partial charge in [-0.1, -0.05) is 32.0 Å². The molecule has 0 unspecified atom stereocenters. The van der Waals surface area contributed by atoms with Crippen molar-refractivity contribution >= 4 is 24.2 Å². The van der Waals surface area contributed by atoms with E-state index in [0.29, 0.717) is 12.2 Å². The lowest BCUT2D eigenvalue weighted by Gasteiger charge is -2.17. The standard InChI is InChI=1S/C16H23NO3.ClH/c1-4-17(5-2)10-11-20-16(19)15-9-7-6-8-14(15)12-13(3)18;/h6-9H,4-5,10-12H2,1-3H3;1H. The molecule has 0 aliphatic heterocycles. The largest absolute Gasteiger partial charge is 0.461 e. The van der Waals surface area contributed by atoms with Gasteiger partial charge in [-0.15, -0.1) is 12.4 Å². The second-order valence-corrected chi connectivity index (χ2v) is 4.70. The number of rotatable bonds is 8. The number of carbonyl (C=O) groups is 2. The molecule has 0 bridgehead atoms. The number of ether oxygens (including phenoxy) is 1. The van der Waals surface area contributed by atoms with Crippen LogP contribution in [0.5, 0.6) is 0 Å². The topological polar surface area (TPSA) is 46.6 Å². The molecule has 1 rings (SSSR count). The number of hydrogen-bond donors (Lipinski definition) is 0. The van der Waals surface area contributed by atoms with Crippen molar-refractivity contribution in [1.29, 1.82) is 0 Å². The molecule has 1 aromatic carbocycles. The second-order valence-electron chi connectivity index (χ2n) is 4.70. The number of benzene rings is 1. The fourth-order valence-corrected chi connectivity index (χ4v) is 2.03. The summed E-state index contributed by atoms with van der Waals surface area (Å²) in [5.41, 5.74) is 1.22. The predicted molar refractivity (Wildman–Crippen MR) is 86.1 cm³/mol. The Morgan fingerprint density at radius 1 is 1.14 bits per heavy atom. The van der Waals surface area contributed by atoms with E-state index >= 15 is 0 Å². The zero-order valence-electron chi connectivity index (χ0n) is 12.9. The molecule has 0 aromatic heterocycles. The number of carbonyl (C=O) groups excluding carboxylic acids is 2. The Kier molecular flexibility index (Phi) is 9.67. The molecule has 0 radical (unpaired) electrons. The van der Waals surface area contributed by atoms with Gasteiger partial charge in [-0.05, 0) is 31.6 Å². The fourth-order valence-electron chi connectivity index (χ4n) is 2.03. The Bertz CT molecular complexity index is 459. The van der Waals surface area contributed by atoms with Crippen molar-refractivity contribution in [2.45, 2.75) is 27.2 Å². The van der Waals surface area contributed by atoms with Crippen molar-refractivity contribution in [1.82, 2.24) is 4.90 Å². The van der Waals surface area contributed by atoms with E-state index in [1.54, 1.807) is 18.2 Å². The van der Waals surface area contributed by atoms with Crippen LogP contribution in [0.15, 0.2) is 24.3 Å². The Balaban J connectivity index is 0.00000400. The molecule has 0 saturated carbocycles. The summed E-state index contributed by atoms with van der Waals surface area (Å²) in [6.07, 6.45) is 0.265. The molecule has 0 spiro atoms. The van der Waals surface area contributed by atoms with Crippen molar-refractivity contribution < 1.29 is 14.3 Å². The minimum Gasteiger partial charge on any atom is -0.461 e. The summed E-state index contributed by atoms with van der Waals surface area (Å²) in [5, 5.41) is 0. The number of esters is 1. The normalized spacial score (nSPS) is 10.1. The van der Waals surface area contributed by atoms with Gasteiger partial charge in [-0.2, -0.15) is 0 Å². The summed E-state index contributed by atoms with van der Waals surface area (Å²) < 4.78 is 5.29. The smallest absolute Gasteiger partial charge is 0.338 e. The Hall–Kier alpha value is -1.39. The molecule has 0 atom stereocenters. The first kappa shape index (κ1) is 19.6. The first-order valence-electron chi connectivity index (χ1n) is 7.05. The lowest BCUT2D eigenvalue weighted by atomic mass is 10.0. The number of Topliss-reactive ketones (excluding diaryl/α,β-unsaturated/α-hetero) is 1. The van der Waals surface area contributed by atoms with Gasteiger partial charge in [-0.25, -0.2) is 4.79 Å². The van der Waals surface area contributed by atoms with E-state index in [-0.39, 0.29) is 30.6 Å². The average Bonchev–Trinajstić information content (AvgIpc) is 2.43. The van der Waals surface area contributed by atoms with Gasteiger partial charge in [0, 0.05) is 13.0 Å².